The van der Waals surface area contributed by atoms with E-state index in [0.29, 0.717) is 13.2 Å². The molecule has 1 N–H and O–H groups in total. The summed E-state index contributed by atoms with van der Waals surface area (Å²) in [5, 5.41) is 10.3. The highest BCUT2D eigenvalue weighted by Gasteiger charge is 2.20. The summed E-state index contributed by atoms with van der Waals surface area (Å²) >= 11 is 0. The standard InChI is InChI=1S/C17H26O3/c1-3-9-19-16-11-13-7-5-6-8-15(18)14(13)12-17(16)20-10-4-2/h11-12,15,18H,3-10H2,1-2H3/t15-/m0/s1. The lowest BCUT2D eigenvalue weighted by molar-refractivity contribution is 0.165. The number of fused-ring (bicyclic) bond motifs is 1. The van der Waals surface area contributed by atoms with Crippen molar-refractivity contribution in [3.63, 3.8) is 0 Å². The molecule has 0 aliphatic heterocycles. The van der Waals surface area contributed by atoms with Crippen LogP contribution in [0.3, 0.4) is 0 Å². The van der Waals surface area contributed by atoms with Crippen LogP contribution in [0.4, 0.5) is 0 Å². The summed E-state index contributed by atoms with van der Waals surface area (Å²) in [6.07, 6.45) is 5.65. The van der Waals surface area contributed by atoms with E-state index in [0.717, 1.165) is 55.6 Å². The van der Waals surface area contributed by atoms with Gasteiger partial charge in [0.05, 0.1) is 19.3 Å². The molecule has 1 aromatic carbocycles. The summed E-state index contributed by atoms with van der Waals surface area (Å²) in [5.74, 6) is 1.60. The molecule has 0 radical (unpaired) electrons. The Hall–Kier alpha value is -1.22. The molecule has 0 saturated heterocycles. The minimum Gasteiger partial charge on any atom is -0.490 e. The SMILES string of the molecule is CCCOc1cc2c(cc1OCCC)[C@@H](O)CCCC2. The Balaban J connectivity index is 2.31. The van der Waals surface area contributed by atoms with E-state index in [2.05, 4.69) is 19.9 Å². The molecule has 2 rings (SSSR count). The largest absolute Gasteiger partial charge is 0.490 e. The Morgan fingerprint density at radius 2 is 1.70 bits per heavy atom. The summed E-state index contributed by atoms with van der Waals surface area (Å²) in [4.78, 5) is 0. The molecule has 0 heterocycles. The zero-order chi connectivity index (χ0) is 14.4. The smallest absolute Gasteiger partial charge is 0.161 e. The Morgan fingerprint density at radius 3 is 2.35 bits per heavy atom. The average molecular weight is 278 g/mol. The highest BCUT2D eigenvalue weighted by Crippen LogP contribution is 2.37. The third-order valence-electron chi connectivity index (χ3n) is 3.66. The van der Waals surface area contributed by atoms with Gasteiger partial charge in [-0.15, -0.1) is 0 Å². The molecule has 0 unspecified atom stereocenters. The maximum absolute atomic E-state index is 10.3. The van der Waals surface area contributed by atoms with Gasteiger partial charge in [0.2, 0.25) is 0 Å². The maximum Gasteiger partial charge on any atom is 0.161 e. The molecule has 112 valence electrons. The molecule has 0 aromatic heterocycles. The van der Waals surface area contributed by atoms with Crippen molar-refractivity contribution in [2.75, 3.05) is 13.2 Å². The number of hydrogen-bond acceptors (Lipinski definition) is 3. The van der Waals surface area contributed by atoms with Gasteiger partial charge in [-0.1, -0.05) is 20.3 Å². The van der Waals surface area contributed by atoms with Crippen LogP contribution in [-0.4, -0.2) is 18.3 Å². The van der Waals surface area contributed by atoms with Crippen molar-refractivity contribution < 1.29 is 14.6 Å². The van der Waals surface area contributed by atoms with Gasteiger partial charge in [-0.25, -0.2) is 0 Å². The van der Waals surface area contributed by atoms with Crippen LogP contribution in [0.25, 0.3) is 0 Å². The molecule has 0 saturated carbocycles. The molecule has 3 nitrogen and oxygen atoms in total. The predicted molar refractivity (Wildman–Crippen MR) is 80.5 cm³/mol. The first-order valence-electron chi connectivity index (χ1n) is 7.86. The summed E-state index contributed by atoms with van der Waals surface area (Å²) < 4.78 is 11.6. The van der Waals surface area contributed by atoms with Crippen LogP contribution in [0.15, 0.2) is 12.1 Å². The Bertz CT molecular complexity index is 428. The minimum atomic E-state index is -0.364. The second-order valence-electron chi connectivity index (χ2n) is 5.46. The molecular weight excluding hydrogens is 252 g/mol. The molecular formula is C17H26O3. The van der Waals surface area contributed by atoms with Crippen molar-refractivity contribution >= 4 is 0 Å². The number of aryl methyl sites for hydroxylation is 1. The number of benzene rings is 1. The second-order valence-corrected chi connectivity index (χ2v) is 5.46. The first-order valence-corrected chi connectivity index (χ1v) is 7.86. The summed E-state index contributed by atoms with van der Waals surface area (Å²) in [5.41, 5.74) is 2.24. The minimum absolute atomic E-state index is 0.364. The molecule has 0 amide bonds. The highest BCUT2D eigenvalue weighted by molar-refractivity contribution is 5.48. The topological polar surface area (TPSA) is 38.7 Å². The van der Waals surface area contributed by atoms with E-state index in [4.69, 9.17) is 9.47 Å². The van der Waals surface area contributed by atoms with Crippen molar-refractivity contribution in [3.05, 3.63) is 23.3 Å². The monoisotopic (exact) mass is 278 g/mol. The fourth-order valence-corrected chi connectivity index (χ4v) is 2.60. The van der Waals surface area contributed by atoms with E-state index >= 15 is 0 Å². The van der Waals surface area contributed by atoms with E-state index in [1.165, 1.54) is 5.56 Å². The fourth-order valence-electron chi connectivity index (χ4n) is 2.60. The molecule has 0 spiro atoms. The quantitative estimate of drug-likeness (QED) is 0.799. The van der Waals surface area contributed by atoms with Gasteiger partial charge in [-0.3, -0.25) is 0 Å². The lowest BCUT2D eigenvalue weighted by Gasteiger charge is -2.18. The normalized spacial score (nSPS) is 18.2. The van der Waals surface area contributed by atoms with E-state index in [-0.39, 0.29) is 6.10 Å². The van der Waals surface area contributed by atoms with E-state index < -0.39 is 0 Å². The van der Waals surface area contributed by atoms with Gasteiger partial charge >= 0.3 is 0 Å². The van der Waals surface area contributed by atoms with Crippen LogP contribution in [0.5, 0.6) is 11.5 Å². The van der Waals surface area contributed by atoms with Crippen LogP contribution in [0.2, 0.25) is 0 Å². The lowest BCUT2D eigenvalue weighted by Crippen LogP contribution is -2.05. The van der Waals surface area contributed by atoms with E-state index in [1.807, 2.05) is 6.07 Å². The molecule has 0 bridgehead atoms. The van der Waals surface area contributed by atoms with Crippen molar-refractivity contribution in [1.82, 2.24) is 0 Å². The third kappa shape index (κ3) is 3.66. The first-order chi connectivity index (χ1) is 9.76. The predicted octanol–water partition coefficient (Wildman–Crippen LogP) is 4.02. The van der Waals surface area contributed by atoms with Gasteiger partial charge in [-0.2, -0.15) is 0 Å². The summed E-state index contributed by atoms with van der Waals surface area (Å²) in [6.45, 7) is 5.56. The Kier molecular flexibility index (Phi) is 5.72. The molecule has 1 atom stereocenters. The molecule has 1 aromatic rings. The highest BCUT2D eigenvalue weighted by atomic mass is 16.5. The number of hydrogen-bond donors (Lipinski definition) is 1. The lowest BCUT2D eigenvalue weighted by atomic mass is 10.00. The first kappa shape index (κ1) is 15.2. The van der Waals surface area contributed by atoms with E-state index in [9.17, 15) is 5.11 Å². The Morgan fingerprint density at radius 1 is 1.05 bits per heavy atom. The van der Waals surface area contributed by atoms with Crippen LogP contribution in [0.1, 0.15) is 63.2 Å². The van der Waals surface area contributed by atoms with Crippen LogP contribution in [-0.2, 0) is 6.42 Å². The number of rotatable bonds is 6. The number of aliphatic hydroxyl groups excluding tert-OH is 1. The van der Waals surface area contributed by atoms with Gasteiger partial charge in [0.1, 0.15) is 0 Å². The third-order valence-corrected chi connectivity index (χ3v) is 3.66. The van der Waals surface area contributed by atoms with Crippen molar-refractivity contribution in [3.8, 4) is 11.5 Å². The molecule has 1 aliphatic rings. The Labute approximate surface area is 121 Å². The maximum atomic E-state index is 10.3. The van der Waals surface area contributed by atoms with Crippen molar-refractivity contribution in [1.29, 1.82) is 0 Å². The molecule has 1 aliphatic carbocycles. The van der Waals surface area contributed by atoms with Gasteiger partial charge in [0, 0.05) is 0 Å². The summed E-state index contributed by atoms with van der Waals surface area (Å²) in [7, 11) is 0. The zero-order valence-electron chi connectivity index (χ0n) is 12.7. The van der Waals surface area contributed by atoms with Crippen molar-refractivity contribution in [2.45, 2.75) is 58.5 Å². The van der Waals surface area contributed by atoms with Crippen LogP contribution < -0.4 is 9.47 Å². The van der Waals surface area contributed by atoms with E-state index in [1.54, 1.807) is 0 Å². The molecule has 3 heteroatoms. The number of aliphatic hydroxyl groups is 1. The number of ether oxygens (including phenoxy) is 2. The van der Waals surface area contributed by atoms with Gasteiger partial charge in [-0.05, 0) is 55.4 Å². The van der Waals surface area contributed by atoms with Crippen LogP contribution >= 0.6 is 0 Å². The average Bonchev–Trinajstić information content (AvgIpc) is 2.64. The molecule has 0 fully saturated rings. The van der Waals surface area contributed by atoms with Crippen molar-refractivity contribution in [2.24, 2.45) is 0 Å². The fraction of sp³-hybridized carbons (Fsp3) is 0.647. The zero-order valence-corrected chi connectivity index (χ0v) is 12.7. The van der Waals surface area contributed by atoms with Gasteiger partial charge in [0.15, 0.2) is 11.5 Å². The second kappa shape index (κ2) is 7.53. The summed E-state index contributed by atoms with van der Waals surface area (Å²) in [6, 6.07) is 4.07. The van der Waals surface area contributed by atoms with Gasteiger partial charge < -0.3 is 14.6 Å². The van der Waals surface area contributed by atoms with Crippen LogP contribution in [0, 0.1) is 0 Å². The molecule has 20 heavy (non-hydrogen) atoms. The van der Waals surface area contributed by atoms with Gasteiger partial charge in [0.25, 0.3) is 0 Å².